The Balaban J connectivity index is 1.08. The van der Waals surface area contributed by atoms with Gasteiger partial charge in [0.2, 0.25) is 0 Å². The van der Waals surface area contributed by atoms with E-state index in [1.54, 1.807) is 0 Å². The van der Waals surface area contributed by atoms with E-state index >= 15 is 0 Å². The lowest BCUT2D eigenvalue weighted by molar-refractivity contribution is -0.228. The molecule has 2 aliphatic heterocycles. The summed E-state index contributed by atoms with van der Waals surface area (Å²) in [4.78, 5) is 5.28. The van der Waals surface area contributed by atoms with Crippen LogP contribution in [0.25, 0.3) is 0 Å². The Bertz CT molecular complexity index is 1490. The van der Waals surface area contributed by atoms with E-state index in [9.17, 15) is 4.21 Å². The summed E-state index contributed by atoms with van der Waals surface area (Å²) in [6.07, 6.45) is 18.0. The molecule has 6 aliphatic rings. The molecule has 274 valence electrons. The predicted molar refractivity (Wildman–Crippen MR) is 213 cm³/mol. The molecule has 0 spiro atoms. The van der Waals surface area contributed by atoms with Gasteiger partial charge in [-0.05, 0) is 189 Å². The highest BCUT2D eigenvalue weighted by Crippen LogP contribution is 2.77. The molecule has 6 fully saturated rings. The molecule has 4 saturated carbocycles. The first-order chi connectivity index (χ1) is 23.1. The molecule has 5 heteroatoms. The lowest BCUT2D eigenvalue weighted by Crippen LogP contribution is -2.69. The summed E-state index contributed by atoms with van der Waals surface area (Å²) in [6, 6.07) is 8.68. The molecule has 0 unspecified atom stereocenters. The molecule has 4 aliphatic carbocycles. The van der Waals surface area contributed by atoms with Gasteiger partial charge in [0.25, 0.3) is 0 Å². The van der Waals surface area contributed by atoms with Gasteiger partial charge in [-0.3, -0.25) is 4.21 Å². The van der Waals surface area contributed by atoms with Crippen LogP contribution in [-0.4, -0.2) is 58.2 Å². The number of anilines is 2. The summed E-state index contributed by atoms with van der Waals surface area (Å²) < 4.78 is 12.3. The summed E-state index contributed by atoms with van der Waals surface area (Å²) in [5.74, 6) is 9.42. The number of benzene rings is 1. The molecule has 2 saturated heterocycles. The third-order valence-electron chi connectivity index (χ3n) is 17.3. The van der Waals surface area contributed by atoms with Gasteiger partial charge in [0.05, 0.1) is 0 Å². The van der Waals surface area contributed by atoms with Crippen molar-refractivity contribution in [1.82, 2.24) is 4.90 Å². The number of nitrogens with two attached hydrogens (primary N) is 1. The second-order valence-electron chi connectivity index (χ2n) is 19.7. The van der Waals surface area contributed by atoms with Crippen LogP contribution in [0.5, 0.6) is 0 Å². The van der Waals surface area contributed by atoms with Crippen LogP contribution in [0, 0.1) is 51.2 Å². The largest absolute Gasteiger partial charge is 0.399 e. The molecule has 4 nitrogen and oxygen atoms in total. The number of hydrogen-bond donors (Lipinski definition) is 1. The van der Waals surface area contributed by atoms with E-state index in [0.717, 1.165) is 54.6 Å². The lowest BCUT2D eigenvalue weighted by atomic mass is 9.33. The Morgan fingerprint density at radius 3 is 2.24 bits per heavy atom. The van der Waals surface area contributed by atoms with Crippen molar-refractivity contribution in [1.29, 1.82) is 0 Å². The van der Waals surface area contributed by atoms with Crippen molar-refractivity contribution >= 4 is 26.8 Å². The maximum atomic E-state index is 12.3. The fourth-order valence-corrected chi connectivity index (χ4v) is 15.9. The minimum Gasteiger partial charge on any atom is -0.399 e. The van der Waals surface area contributed by atoms with Crippen molar-refractivity contribution < 1.29 is 4.21 Å². The number of hydrogen-bond acceptors (Lipinski definition) is 4. The maximum absolute atomic E-state index is 12.3. The van der Waals surface area contributed by atoms with Crippen LogP contribution < -0.4 is 10.6 Å². The summed E-state index contributed by atoms with van der Waals surface area (Å²) in [7, 11) is -1.80. The minimum atomic E-state index is -1.80. The van der Waals surface area contributed by atoms with E-state index in [2.05, 4.69) is 88.1 Å². The van der Waals surface area contributed by atoms with Crippen LogP contribution in [0.3, 0.4) is 0 Å². The van der Waals surface area contributed by atoms with Gasteiger partial charge in [0.1, 0.15) is 0 Å². The fraction of sp³-hybridized carbons (Fsp3) is 0.795. The molecule has 1 aromatic rings. The number of allylic oxidation sites excluding steroid dienone is 1. The highest BCUT2D eigenvalue weighted by molar-refractivity contribution is 8.00. The topological polar surface area (TPSA) is 49.6 Å². The third kappa shape index (κ3) is 5.77. The highest BCUT2D eigenvalue weighted by atomic mass is 32.2. The van der Waals surface area contributed by atoms with Gasteiger partial charge in [0, 0.05) is 48.1 Å². The second kappa shape index (κ2) is 12.6. The van der Waals surface area contributed by atoms with Crippen LogP contribution >= 0.6 is 0 Å². The Kier molecular flexibility index (Phi) is 9.23. The van der Waals surface area contributed by atoms with Gasteiger partial charge in [-0.1, -0.05) is 45.8 Å². The van der Waals surface area contributed by atoms with Crippen LogP contribution in [0.15, 0.2) is 36.4 Å². The van der Waals surface area contributed by atoms with Crippen molar-refractivity contribution in [3.05, 3.63) is 36.4 Å². The van der Waals surface area contributed by atoms with Gasteiger partial charge >= 0.3 is 0 Å². The standard InChI is InChI=1S/C44H71N3OS/c1-32(2)35-18-22-44(20-10-9-11-26-46-28-30-49(8,48)31-29-46)24-23-42(6)36(39(35)44)16-17-38-41(5)25-27-47(34-14-12-33(45)13-15-34)40(3,4)37(41)19-21-43(38,42)7/h12-15,35-39H,1,8-11,16-31,45H2,2-7H3/t35-,36+,37-,38+,39+,41-,42+,43+,44+/m0/s1. The van der Waals surface area contributed by atoms with E-state index in [1.165, 1.54) is 101 Å². The Labute approximate surface area is 301 Å². The van der Waals surface area contributed by atoms with Gasteiger partial charge < -0.3 is 15.5 Å². The molecule has 9 atom stereocenters. The van der Waals surface area contributed by atoms with Gasteiger partial charge in [0.15, 0.2) is 0 Å². The first-order valence-electron chi connectivity index (χ1n) is 20.4. The van der Waals surface area contributed by atoms with Crippen LogP contribution in [0.2, 0.25) is 0 Å². The number of nitrogens with zero attached hydrogens (tertiary/aromatic N) is 2. The van der Waals surface area contributed by atoms with E-state index in [0.29, 0.717) is 33.5 Å². The molecular weight excluding hydrogens is 619 g/mol. The fourth-order valence-electron chi connectivity index (χ4n) is 14.6. The van der Waals surface area contributed by atoms with Crippen molar-refractivity contribution in [3.8, 4) is 0 Å². The Hall–Kier alpha value is -1.46. The zero-order chi connectivity index (χ0) is 35.0. The molecule has 0 bridgehead atoms. The Morgan fingerprint density at radius 2 is 1.55 bits per heavy atom. The zero-order valence-electron chi connectivity index (χ0n) is 32.3. The third-order valence-corrected chi connectivity index (χ3v) is 19.2. The lowest BCUT2D eigenvalue weighted by Gasteiger charge is -2.73. The molecular formula is C44H71N3OS. The second-order valence-corrected chi connectivity index (χ2v) is 22.5. The van der Waals surface area contributed by atoms with Crippen molar-refractivity contribution in [2.24, 2.45) is 51.2 Å². The summed E-state index contributed by atoms with van der Waals surface area (Å²) in [5.41, 5.74) is 11.6. The SMILES string of the molecule is C=C(C)[C@@H]1CC[C@]2(CCCCCN3CCS(=C)(=O)CC3)CC[C@]3(C)[C@H](CC[C@@H]4[C@@]5(C)CCN(c6ccc(N)cc6)C(C)(C)[C@@H]5CC[C@]43C)[C@@H]12. The molecule has 7 rings (SSSR count). The smallest absolute Gasteiger partial charge is 0.0379 e. The zero-order valence-corrected chi connectivity index (χ0v) is 33.2. The summed E-state index contributed by atoms with van der Waals surface area (Å²) in [5, 5.41) is 0. The first-order valence-corrected chi connectivity index (χ1v) is 22.5. The Morgan fingerprint density at radius 1 is 0.837 bits per heavy atom. The summed E-state index contributed by atoms with van der Waals surface area (Å²) >= 11 is 0. The molecule has 49 heavy (non-hydrogen) atoms. The molecule has 1 aromatic carbocycles. The highest BCUT2D eigenvalue weighted by Gasteiger charge is 2.70. The quantitative estimate of drug-likeness (QED) is 0.128. The van der Waals surface area contributed by atoms with Gasteiger partial charge in [-0.25, -0.2) is 0 Å². The predicted octanol–water partition coefficient (Wildman–Crippen LogP) is 9.69. The van der Waals surface area contributed by atoms with Gasteiger partial charge in [-0.2, -0.15) is 0 Å². The minimum absolute atomic E-state index is 0.128. The molecule has 0 aromatic heterocycles. The molecule has 0 amide bonds. The van der Waals surface area contributed by atoms with Gasteiger partial charge in [-0.15, -0.1) is 0 Å². The van der Waals surface area contributed by atoms with Crippen LogP contribution in [0.4, 0.5) is 11.4 Å². The normalized spacial score (nSPS) is 42.8. The average molecular weight is 690 g/mol. The van der Waals surface area contributed by atoms with E-state index in [-0.39, 0.29) is 5.54 Å². The number of piperidine rings is 1. The molecule has 2 heterocycles. The average Bonchev–Trinajstić information content (AvgIpc) is 3.42. The van der Waals surface area contributed by atoms with E-state index in [1.807, 2.05) is 0 Å². The number of fused-ring (bicyclic) bond motifs is 7. The van der Waals surface area contributed by atoms with Crippen molar-refractivity contribution in [3.63, 3.8) is 0 Å². The maximum Gasteiger partial charge on any atom is 0.0379 e. The monoisotopic (exact) mass is 690 g/mol. The number of nitrogen functional groups attached to an aromatic ring is 1. The summed E-state index contributed by atoms with van der Waals surface area (Å²) in [6.45, 7) is 24.8. The number of unbranched alkanes of at least 4 members (excludes halogenated alkanes) is 2. The molecule has 2 N–H and O–H groups in total. The van der Waals surface area contributed by atoms with Crippen molar-refractivity contribution in [2.45, 2.75) is 131 Å². The van der Waals surface area contributed by atoms with E-state index < -0.39 is 9.52 Å². The van der Waals surface area contributed by atoms with Crippen molar-refractivity contribution in [2.75, 3.05) is 48.3 Å². The first kappa shape index (κ1) is 35.9. The molecule has 0 radical (unpaired) electrons. The number of rotatable bonds is 8. The van der Waals surface area contributed by atoms with Crippen LogP contribution in [-0.2, 0) is 9.52 Å². The van der Waals surface area contributed by atoms with E-state index in [4.69, 9.17) is 5.73 Å². The van der Waals surface area contributed by atoms with Crippen LogP contribution in [0.1, 0.15) is 125 Å².